The lowest BCUT2D eigenvalue weighted by Crippen LogP contribution is -2.25. The maximum atomic E-state index is 11.8. The van der Waals surface area contributed by atoms with Crippen LogP contribution in [0.2, 0.25) is 5.02 Å². The Labute approximate surface area is 232 Å². The van der Waals surface area contributed by atoms with Crippen molar-refractivity contribution in [2.45, 2.75) is 65.1 Å². The maximum absolute atomic E-state index is 11.8. The van der Waals surface area contributed by atoms with Gasteiger partial charge in [-0.15, -0.1) is 5.48 Å². The highest BCUT2D eigenvalue weighted by molar-refractivity contribution is 6.30. The lowest BCUT2D eigenvalue weighted by Gasteiger charge is -2.27. The molecule has 9 nitrogen and oxygen atoms in total. The summed E-state index contributed by atoms with van der Waals surface area (Å²) < 4.78 is 2.25. The number of imidazole rings is 1. The molecular weight excluding hydrogens is 514 g/mol. The summed E-state index contributed by atoms with van der Waals surface area (Å²) in [6.07, 6.45) is 5.35. The second-order valence-electron chi connectivity index (χ2n) is 11.0. The number of hydroxylamine groups is 1. The Morgan fingerprint density at radius 2 is 1.92 bits per heavy atom. The van der Waals surface area contributed by atoms with Crippen molar-refractivity contribution in [1.29, 1.82) is 0 Å². The van der Waals surface area contributed by atoms with Gasteiger partial charge >= 0.3 is 6.09 Å². The van der Waals surface area contributed by atoms with Gasteiger partial charge in [0.15, 0.2) is 23.5 Å². The van der Waals surface area contributed by atoms with Crippen molar-refractivity contribution in [2.24, 2.45) is 11.8 Å². The van der Waals surface area contributed by atoms with Crippen molar-refractivity contribution in [2.75, 3.05) is 0 Å². The molecule has 1 saturated heterocycles. The molecule has 0 spiro atoms. The number of carbonyl (C=O) groups is 1. The lowest BCUT2D eigenvalue weighted by molar-refractivity contribution is 0.120. The van der Waals surface area contributed by atoms with Crippen molar-refractivity contribution in [1.82, 2.24) is 35.3 Å². The highest BCUT2D eigenvalue weighted by Crippen LogP contribution is 2.36. The van der Waals surface area contributed by atoms with Crippen LogP contribution in [0.1, 0.15) is 69.9 Å². The highest BCUT2D eigenvalue weighted by Gasteiger charge is 2.30. The molecule has 1 aliphatic carbocycles. The van der Waals surface area contributed by atoms with E-state index in [9.17, 15) is 4.79 Å². The monoisotopic (exact) mass is 545 g/mol. The number of nitrogens with zero attached hydrogens (tertiary/aromatic N) is 5. The molecule has 2 N–H and O–H groups in total. The van der Waals surface area contributed by atoms with E-state index in [0.29, 0.717) is 34.0 Å². The van der Waals surface area contributed by atoms with E-state index in [1.165, 1.54) is 31.2 Å². The number of hydrogen-bond acceptors (Lipinski definition) is 7. The van der Waals surface area contributed by atoms with Crippen LogP contribution in [0.4, 0.5) is 4.79 Å². The van der Waals surface area contributed by atoms with Crippen LogP contribution in [-0.4, -0.2) is 30.6 Å². The van der Waals surface area contributed by atoms with E-state index in [-0.39, 0.29) is 0 Å². The number of benzene rings is 1. The fourth-order valence-corrected chi connectivity index (χ4v) is 5.69. The Balaban J connectivity index is 1.58. The standard InChI is InChI=1S/C29H32ClN7O2/c1-16(2)19-11-12-31-22(14-19)28-34-25-24(37(28)15-18-9-7-17(3)8-10-18)23(20-5-4-6-21(30)13-20)32-26(33-25)27-35-29(38)39-36-27/h4-6,11-14,16-18,27,36H,7-10,15H2,1-3H3,(H,35,38). The molecule has 4 aromatic rings. The van der Waals surface area contributed by atoms with Gasteiger partial charge in [-0.05, 0) is 60.4 Å². The van der Waals surface area contributed by atoms with Crippen molar-refractivity contribution in [3.63, 3.8) is 0 Å². The highest BCUT2D eigenvalue weighted by atomic mass is 35.5. The summed E-state index contributed by atoms with van der Waals surface area (Å²) in [4.78, 5) is 36.2. The number of aromatic nitrogens is 5. The first kappa shape index (κ1) is 25.7. The Kier molecular flexibility index (Phi) is 6.95. The number of halogens is 1. The Hall–Kier alpha value is -3.56. The molecule has 1 unspecified atom stereocenters. The van der Waals surface area contributed by atoms with Crippen molar-refractivity contribution < 1.29 is 9.63 Å². The van der Waals surface area contributed by atoms with E-state index in [2.05, 4.69) is 42.2 Å². The summed E-state index contributed by atoms with van der Waals surface area (Å²) >= 11 is 6.42. The molecule has 1 aromatic carbocycles. The minimum absolute atomic E-state index is 0.356. The zero-order valence-corrected chi connectivity index (χ0v) is 23.1. The molecule has 10 heteroatoms. The predicted octanol–water partition coefficient (Wildman–Crippen LogP) is 6.40. The first-order valence-electron chi connectivity index (χ1n) is 13.6. The molecule has 1 saturated carbocycles. The summed E-state index contributed by atoms with van der Waals surface area (Å²) in [5.41, 5.74) is 7.57. The van der Waals surface area contributed by atoms with Gasteiger partial charge in [0.05, 0.1) is 0 Å². The second-order valence-corrected chi connectivity index (χ2v) is 11.4. The summed E-state index contributed by atoms with van der Waals surface area (Å²) in [6.45, 7) is 7.47. The third-order valence-corrected chi connectivity index (χ3v) is 8.00. The fourth-order valence-electron chi connectivity index (χ4n) is 5.50. The van der Waals surface area contributed by atoms with E-state index >= 15 is 0 Å². The molecule has 2 fully saturated rings. The number of nitrogens with one attached hydrogen (secondary N) is 2. The second kappa shape index (κ2) is 10.5. The quantitative estimate of drug-likeness (QED) is 0.288. The zero-order chi connectivity index (χ0) is 27.1. The maximum Gasteiger partial charge on any atom is 0.427 e. The van der Waals surface area contributed by atoms with Gasteiger partial charge in [-0.25, -0.2) is 19.7 Å². The van der Waals surface area contributed by atoms with Crippen LogP contribution in [0.15, 0.2) is 42.6 Å². The van der Waals surface area contributed by atoms with Crippen LogP contribution >= 0.6 is 11.6 Å². The van der Waals surface area contributed by atoms with E-state index in [4.69, 9.17) is 36.4 Å². The Morgan fingerprint density at radius 1 is 1.10 bits per heavy atom. The first-order valence-corrected chi connectivity index (χ1v) is 14.0. The molecule has 202 valence electrons. The number of hydrogen-bond donors (Lipinski definition) is 2. The van der Waals surface area contributed by atoms with Crippen molar-refractivity contribution in [3.05, 3.63) is 59.0 Å². The molecule has 0 radical (unpaired) electrons. The van der Waals surface area contributed by atoms with Crippen molar-refractivity contribution >= 4 is 28.9 Å². The molecular formula is C29H32ClN7O2. The lowest BCUT2D eigenvalue weighted by atomic mass is 9.83. The molecule has 4 heterocycles. The van der Waals surface area contributed by atoms with Gasteiger partial charge in [0.2, 0.25) is 0 Å². The molecule has 2 aliphatic rings. The minimum Gasteiger partial charge on any atom is -0.351 e. The number of carbonyl (C=O) groups excluding carboxylic acids is 1. The van der Waals surface area contributed by atoms with E-state index in [0.717, 1.165) is 35.1 Å². The van der Waals surface area contributed by atoms with Gasteiger partial charge in [-0.3, -0.25) is 10.3 Å². The van der Waals surface area contributed by atoms with Crippen LogP contribution < -0.4 is 10.8 Å². The van der Waals surface area contributed by atoms with E-state index in [1.54, 1.807) is 0 Å². The van der Waals surface area contributed by atoms with Gasteiger partial charge in [0.1, 0.15) is 16.9 Å². The summed E-state index contributed by atoms with van der Waals surface area (Å²) in [5, 5.41) is 3.30. The van der Waals surface area contributed by atoms with E-state index < -0.39 is 12.3 Å². The third-order valence-electron chi connectivity index (χ3n) is 7.76. The first-order chi connectivity index (χ1) is 18.9. The van der Waals surface area contributed by atoms with Crippen LogP contribution in [0, 0.1) is 11.8 Å². The van der Waals surface area contributed by atoms with Crippen LogP contribution in [0.5, 0.6) is 0 Å². The summed E-state index contributed by atoms with van der Waals surface area (Å²) in [5.74, 6) is 2.75. The van der Waals surface area contributed by atoms with Gasteiger partial charge < -0.3 is 9.40 Å². The SMILES string of the molecule is CC1CCC(Cn2c(-c3cc(C(C)C)ccn3)nc3nc(C4NOC(=O)N4)nc(-c4cccc(Cl)c4)c32)CC1. The van der Waals surface area contributed by atoms with Gasteiger partial charge in [0.25, 0.3) is 0 Å². The van der Waals surface area contributed by atoms with Gasteiger partial charge in [0, 0.05) is 23.3 Å². The summed E-state index contributed by atoms with van der Waals surface area (Å²) in [7, 11) is 0. The largest absolute Gasteiger partial charge is 0.427 e. The topological polar surface area (TPSA) is 107 Å². The number of pyridine rings is 1. The molecule has 1 aliphatic heterocycles. The van der Waals surface area contributed by atoms with Crippen LogP contribution in [-0.2, 0) is 11.4 Å². The minimum atomic E-state index is -0.698. The molecule has 1 amide bonds. The molecule has 0 bridgehead atoms. The summed E-state index contributed by atoms with van der Waals surface area (Å²) in [6, 6.07) is 11.8. The molecule has 1 atom stereocenters. The third kappa shape index (κ3) is 5.21. The smallest absolute Gasteiger partial charge is 0.351 e. The number of rotatable bonds is 6. The normalized spacial score (nSPS) is 21.4. The number of fused-ring (bicyclic) bond motifs is 1. The number of amides is 1. The van der Waals surface area contributed by atoms with Gasteiger partial charge in [-0.2, -0.15) is 0 Å². The average Bonchev–Trinajstić information content (AvgIpc) is 3.53. The zero-order valence-electron chi connectivity index (χ0n) is 22.3. The Morgan fingerprint density at radius 3 is 2.64 bits per heavy atom. The molecule has 3 aromatic heterocycles. The molecule has 6 rings (SSSR count). The molecule has 39 heavy (non-hydrogen) atoms. The fraction of sp³-hybridized carbons (Fsp3) is 0.414. The van der Waals surface area contributed by atoms with Crippen molar-refractivity contribution in [3.8, 4) is 22.8 Å². The average molecular weight is 546 g/mol. The van der Waals surface area contributed by atoms with Gasteiger partial charge in [-0.1, -0.05) is 57.3 Å². The van der Waals surface area contributed by atoms with E-state index in [1.807, 2.05) is 36.5 Å². The Bertz CT molecular complexity index is 1530. The van der Waals surface area contributed by atoms with Crippen LogP contribution in [0.3, 0.4) is 0 Å². The predicted molar refractivity (Wildman–Crippen MR) is 150 cm³/mol. The van der Waals surface area contributed by atoms with Crippen LogP contribution in [0.25, 0.3) is 33.9 Å².